The molecule has 0 saturated carbocycles. The minimum atomic E-state index is -0.417. The smallest absolute Gasteiger partial charge is 0.266 e. The second-order valence-corrected chi connectivity index (χ2v) is 5.67. The number of hydrogen-bond acceptors (Lipinski definition) is 2. The summed E-state index contributed by atoms with van der Waals surface area (Å²) in [5.74, 6) is -0.333. The summed E-state index contributed by atoms with van der Waals surface area (Å²) < 4.78 is 13.0. The van der Waals surface area contributed by atoms with E-state index in [2.05, 4.69) is 4.98 Å². The van der Waals surface area contributed by atoms with Gasteiger partial charge in [0.05, 0.1) is 0 Å². The van der Waals surface area contributed by atoms with Crippen LogP contribution >= 0.6 is 0 Å². The zero-order valence-corrected chi connectivity index (χ0v) is 11.6. The van der Waals surface area contributed by atoms with Gasteiger partial charge in [0.2, 0.25) is 0 Å². The highest BCUT2D eigenvalue weighted by molar-refractivity contribution is 5.61. The fraction of sp³-hybridized carbons (Fsp3) is 0.250. The lowest BCUT2D eigenvalue weighted by Gasteiger charge is -2.21. The summed E-state index contributed by atoms with van der Waals surface area (Å²) in [4.78, 5) is 14.7. The second-order valence-electron chi connectivity index (χ2n) is 5.67. The molecule has 1 heterocycles. The van der Waals surface area contributed by atoms with Crippen molar-refractivity contribution in [2.75, 3.05) is 0 Å². The van der Waals surface area contributed by atoms with Gasteiger partial charge in [-0.1, -0.05) is 20.8 Å². The molecule has 2 aromatic rings. The van der Waals surface area contributed by atoms with Crippen LogP contribution in [0.3, 0.4) is 0 Å². The van der Waals surface area contributed by atoms with Gasteiger partial charge in [-0.3, -0.25) is 4.79 Å². The van der Waals surface area contributed by atoms with Crippen LogP contribution in [0.5, 0.6) is 0 Å². The first-order valence-corrected chi connectivity index (χ1v) is 6.27. The molecule has 0 spiro atoms. The first kappa shape index (κ1) is 14.0. The third-order valence-corrected chi connectivity index (χ3v) is 3.11. The predicted octanol–water partition coefficient (Wildman–Crippen LogP) is 3.35. The Kier molecular flexibility index (Phi) is 3.46. The van der Waals surface area contributed by atoms with Crippen LogP contribution in [0.4, 0.5) is 4.39 Å². The number of halogens is 1. The second kappa shape index (κ2) is 4.93. The van der Waals surface area contributed by atoms with Crippen molar-refractivity contribution in [2.45, 2.75) is 26.2 Å². The number of aromatic nitrogens is 1. The van der Waals surface area contributed by atoms with Gasteiger partial charge in [0.15, 0.2) is 0 Å². The Balaban J connectivity index is 2.69. The Morgan fingerprint density at radius 2 is 1.80 bits per heavy atom. The Bertz CT molecular complexity index is 731. The lowest BCUT2D eigenvalue weighted by atomic mass is 9.84. The Morgan fingerprint density at radius 3 is 2.30 bits per heavy atom. The molecule has 0 aliphatic heterocycles. The van der Waals surface area contributed by atoms with E-state index in [1.807, 2.05) is 26.8 Å². The van der Waals surface area contributed by atoms with Crippen molar-refractivity contribution in [1.82, 2.24) is 4.98 Å². The van der Waals surface area contributed by atoms with Crippen molar-refractivity contribution in [3.05, 3.63) is 57.6 Å². The molecular formula is C16H15FN2O. The maximum absolute atomic E-state index is 13.0. The Hall–Kier alpha value is -2.41. The molecule has 0 saturated heterocycles. The van der Waals surface area contributed by atoms with E-state index in [1.165, 1.54) is 12.1 Å². The Labute approximate surface area is 116 Å². The summed E-state index contributed by atoms with van der Waals surface area (Å²) in [6.45, 7) is 5.82. The molecule has 1 N–H and O–H groups in total. The lowest BCUT2D eigenvalue weighted by Crippen LogP contribution is -2.22. The van der Waals surface area contributed by atoms with E-state index < -0.39 is 5.56 Å². The van der Waals surface area contributed by atoms with Gasteiger partial charge in [-0.15, -0.1) is 0 Å². The standard InChI is InChI=1S/C16H15FN2O/c1-16(2,3)13-8-14(19-15(20)12(13)9-18)10-4-6-11(17)7-5-10/h4-8H,1-3H3,(H,19,20). The zero-order chi connectivity index (χ0) is 14.9. The van der Waals surface area contributed by atoms with Crippen molar-refractivity contribution >= 4 is 0 Å². The highest BCUT2D eigenvalue weighted by Crippen LogP contribution is 2.27. The SMILES string of the molecule is CC(C)(C)c1cc(-c2ccc(F)cc2)[nH]c(=O)c1C#N. The number of rotatable bonds is 1. The molecule has 1 aromatic heterocycles. The van der Waals surface area contributed by atoms with Crippen molar-refractivity contribution < 1.29 is 4.39 Å². The number of hydrogen-bond donors (Lipinski definition) is 1. The number of nitrogens with zero attached hydrogens (tertiary/aromatic N) is 1. The summed E-state index contributed by atoms with van der Waals surface area (Å²) in [5.41, 5.74) is 1.36. The molecule has 0 atom stereocenters. The molecule has 3 nitrogen and oxygen atoms in total. The molecule has 0 radical (unpaired) electrons. The minimum Gasteiger partial charge on any atom is -0.321 e. The summed E-state index contributed by atoms with van der Waals surface area (Å²) in [5, 5.41) is 9.14. The van der Waals surface area contributed by atoms with E-state index in [0.29, 0.717) is 16.8 Å². The fourth-order valence-electron chi connectivity index (χ4n) is 2.05. The van der Waals surface area contributed by atoms with Crippen LogP contribution in [-0.4, -0.2) is 4.98 Å². The number of pyridine rings is 1. The van der Waals surface area contributed by atoms with E-state index >= 15 is 0 Å². The van der Waals surface area contributed by atoms with Crippen molar-refractivity contribution in [2.24, 2.45) is 0 Å². The minimum absolute atomic E-state index is 0.128. The van der Waals surface area contributed by atoms with Crippen LogP contribution < -0.4 is 5.56 Å². The maximum atomic E-state index is 13.0. The molecule has 0 aliphatic rings. The molecule has 0 bridgehead atoms. The average Bonchev–Trinajstić information content (AvgIpc) is 2.37. The van der Waals surface area contributed by atoms with Crippen LogP contribution in [0.1, 0.15) is 31.9 Å². The molecular weight excluding hydrogens is 255 g/mol. The van der Waals surface area contributed by atoms with Gasteiger partial charge in [0.25, 0.3) is 5.56 Å². The van der Waals surface area contributed by atoms with Gasteiger partial charge in [-0.2, -0.15) is 5.26 Å². The summed E-state index contributed by atoms with van der Waals surface area (Å²) in [6, 6.07) is 9.60. The molecule has 1 aromatic carbocycles. The number of benzene rings is 1. The number of nitriles is 1. The van der Waals surface area contributed by atoms with Crippen molar-refractivity contribution in [1.29, 1.82) is 5.26 Å². The summed E-state index contributed by atoms with van der Waals surface area (Å²) >= 11 is 0. The van der Waals surface area contributed by atoms with Crippen LogP contribution in [0.2, 0.25) is 0 Å². The molecule has 0 aliphatic carbocycles. The van der Waals surface area contributed by atoms with E-state index in [4.69, 9.17) is 5.26 Å². The molecule has 0 fully saturated rings. The van der Waals surface area contributed by atoms with Gasteiger partial charge < -0.3 is 4.98 Å². The van der Waals surface area contributed by atoms with Gasteiger partial charge in [0.1, 0.15) is 17.4 Å². The molecule has 0 amide bonds. The van der Waals surface area contributed by atoms with Crippen LogP contribution in [0.25, 0.3) is 11.3 Å². The maximum Gasteiger partial charge on any atom is 0.266 e. The zero-order valence-electron chi connectivity index (χ0n) is 11.6. The van der Waals surface area contributed by atoms with Crippen LogP contribution in [0.15, 0.2) is 35.1 Å². The average molecular weight is 270 g/mol. The van der Waals surface area contributed by atoms with Crippen LogP contribution in [0, 0.1) is 17.1 Å². The topological polar surface area (TPSA) is 56.6 Å². The van der Waals surface area contributed by atoms with Gasteiger partial charge in [-0.05, 0) is 46.9 Å². The van der Waals surface area contributed by atoms with Crippen molar-refractivity contribution in [3.8, 4) is 17.3 Å². The normalized spacial score (nSPS) is 11.2. The molecule has 0 unspecified atom stereocenters. The number of aromatic amines is 1. The third-order valence-electron chi connectivity index (χ3n) is 3.11. The van der Waals surface area contributed by atoms with E-state index in [1.54, 1.807) is 18.2 Å². The largest absolute Gasteiger partial charge is 0.321 e. The quantitative estimate of drug-likeness (QED) is 0.864. The molecule has 4 heteroatoms. The van der Waals surface area contributed by atoms with Crippen LogP contribution in [-0.2, 0) is 5.41 Å². The molecule has 102 valence electrons. The Morgan fingerprint density at radius 1 is 1.20 bits per heavy atom. The summed E-state index contributed by atoms with van der Waals surface area (Å²) in [7, 11) is 0. The molecule has 2 rings (SSSR count). The highest BCUT2D eigenvalue weighted by atomic mass is 19.1. The van der Waals surface area contributed by atoms with E-state index in [-0.39, 0.29) is 16.8 Å². The third kappa shape index (κ3) is 2.62. The predicted molar refractivity (Wildman–Crippen MR) is 75.9 cm³/mol. The van der Waals surface area contributed by atoms with E-state index in [9.17, 15) is 9.18 Å². The first-order chi connectivity index (χ1) is 9.32. The number of H-pyrrole nitrogens is 1. The lowest BCUT2D eigenvalue weighted by molar-refractivity contribution is 0.586. The molecule has 20 heavy (non-hydrogen) atoms. The summed E-state index contributed by atoms with van der Waals surface area (Å²) in [6.07, 6.45) is 0. The van der Waals surface area contributed by atoms with Gasteiger partial charge in [-0.25, -0.2) is 4.39 Å². The first-order valence-electron chi connectivity index (χ1n) is 6.27. The number of nitrogens with one attached hydrogen (secondary N) is 1. The van der Waals surface area contributed by atoms with Crippen molar-refractivity contribution in [3.63, 3.8) is 0 Å². The monoisotopic (exact) mass is 270 g/mol. The highest BCUT2D eigenvalue weighted by Gasteiger charge is 2.21. The van der Waals surface area contributed by atoms with E-state index in [0.717, 1.165) is 0 Å². The fourth-order valence-corrected chi connectivity index (χ4v) is 2.05. The van der Waals surface area contributed by atoms with Gasteiger partial charge in [0, 0.05) is 5.69 Å². The van der Waals surface area contributed by atoms with Gasteiger partial charge >= 0.3 is 0 Å².